The van der Waals surface area contributed by atoms with Crippen molar-refractivity contribution in [2.45, 2.75) is 19.4 Å². The smallest absolute Gasteiger partial charge is 0.310 e. The number of carbonyl (C=O) groups is 1. The van der Waals surface area contributed by atoms with E-state index in [0.717, 1.165) is 18.0 Å². The second-order valence-electron chi connectivity index (χ2n) is 5.05. The summed E-state index contributed by atoms with van der Waals surface area (Å²) in [6, 6.07) is 7.85. The molecule has 110 valence electrons. The number of piperidine rings is 1. The molecule has 0 amide bonds. The van der Waals surface area contributed by atoms with Gasteiger partial charge in [-0.3, -0.25) is 4.79 Å². The number of hydrogen-bond acceptors (Lipinski definition) is 5. The van der Waals surface area contributed by atoms with Crippen molar-refractivity contribution >= 4 is 11.7 Å². The van der Waals surface area contributed by atoms with E-state index in [2.05, 4.69) is 4.90 Å². The topological polar surface area (TPSA) is 64.8 Å². The van der Waals surface area contributed by atoms with E-state index in [1.807, 2.05) is 31.2 Å². The number of esters is 1. The highest BCUT2D eigenvalue weighted by Crippen LogP contribution is 2.25. The Labute approximate surface area is 119 Å². The molecule has 0 spiro atoms. The summed E-state index contributed by atoms with van der Waals surface area (Å²) < 4.78 is 10.3. The summed E-state index contributed by atoms with van der Waals surface area (Å²) in [6.45, 7) is 4.01. The number of carbonyl (C=O) groups excluding carboxylic acids is 1. The molecule has 2 unspecified atom stereocenters. The van der Waals surface area contributed by atoms with Gasteiger partial charge in [0.15, 0.2) is 0 Å². The summed E-state index contributed by atoms with van der Waals surface area (Å²) >= 11 is 0. The Morgan fingerprint density at radius 1 is 1.35 bits per heavy atom. The molecule has 0 aromatic heterocycles. The Morgan fingerprint density at radius 3 is 2.65 bits per heavy atom. The van der Waals surface area contributed by atoms with Crippen LogP contribution in [0.4, 0.5) is 5.69 Å². The minimum atomic E-state index is -0.184. The first-order valence-corrected chi connectivity index (χ1v) is 6.95. The molecule has 2 rings (SSSR count). The van der Waals surface area contributed by atoms with E-state index in [-0.39, 0.29) is 17.9 Å². The molecule has 0 saturated carbocycles. The van der Waals surface area contributed by atoms with Gasteiger partial charge in [0.25, 0.3) is 0 Å². The first-order valence-electron chi connectivity index (χ1n) is 6.95. The van der Waals surface area contributed by atoms with E-state index in [4.69, 9.17) is 15.2 Å². The van der Waals surface area contributed by atoms with Gasteiger partial charge in [0.05, 0.1) is 19.6 Å². The highest BCUT2D eigenvalue weighted by Gasteiger charge is 2.30. The van der Waals surface area contributed by atoms with Crippen LogP contribution in [0.15, 0.2) is 24.3 Å². The molecular formula is C15H22N2O3. The maximum absolute atomic E-state index is 11.7. The molecule has 1 fully saturated rings. The van der Waals surface area contributed by atoms with E-state index < -0.39 is 0 Å². The third-order valence-electron chi connectivity index (χ3n) is 3.53. The SMILES string of the molecule is CCOc1ccc(N2CC(N)CC(C(=O)OC)C2)cc1. The monoisotopic (exact) mass is 278 g/mol. The van der Waals surface area contributed by atoms with E-state index in [0.29, 0.717) is 19.6 Å². The predicted molar refractivity (Wildman–Crippen MR) is 77.9 cm³/mol. The lowest BCUT2D eigenvalue weighted by Crippen LogP contribution is -2.49. The van der Waals surface area contributed by atoms with Gasteiger partial charge in [0.1, 0.15) is 5.75 Å². The van der Waals surface area contributed by atoms with E-state index in [9.17, 15) is 4.79 Å². The number of methoxy groups -OCH3 is 1. The van der Waals surface area contributed by atoms with Gasteiger partial charge in [-0.1, -0.05) is 0 Å². The zero-order valence-electron chi connectivity index (χ0n) is 12.0. The van der Waals surface area contributed by atoms with Gasteiger partial charge in [0.2, 0.25) is 0 Å². The molecule has 1 heterocycles. The Balaban J connectivity index is 2.08. The number of anilines is 1. The normalized spacial score (nSPS) is 22.4. The Kier molecular flexibility index (Phi) is 4.84. The van der Waals surface area contributed by atoms with Crippen LogP contribution in [0, 0.1) is 5.92 Å². The van der Waals surface area contributed by atoms with Gasteiger partial charge in [-0.05, 0) is 37.6 Å². The molecule has 1 saturated heterocycles. The molecule has 20 heavy (non-hydrogen) atoms. The molecule has 1 aliphatic heterocycles. The molecule has 2 atom stereocenters. The molecule has 0 aliphatic carbocycles. The summed E-state index contributed by atoms with van der Waals surface area (Å²) in [5.41, 5.74) is 7.10. The summed E-state index contributed by atoms with van der Waals surface area (Å²) in [5.74, 6) is 0.508. The van der Waals surface area contributed by atoms with Gasteiger partial charge < -0.3 is 20.1 Å². The summed E-state index contributed by atoms with van der Waals surface area (Å²) in [4.78, 5) is 13.8. The zero-order valence-corrected chi connectivity index (χ0v) is 12.0. The van der Waals surface area contributed by atoms with E-state index >= 15 is 0 Å². The molecule has 5 heteroatoms. The molecule has 2 N–H and O–H groups in total. The third-order valence-corrected chi connectivity index (χ3v) is 3.53. The number of nitrogens with two attached hydrogens (primary N) is 1. The lowest BCUT2D eigenvalue weighted by molar-refractivity contribution is -0.145. The summed E-state index contributed by atoms with van der Waals surface area (Å²) in [6.07, 6.45) is 0.681. The standard InChI is InChI=1S/C15H22N2O3/c1-3-20-14-6-4-13(5-7-14)17-9-11(15(18)19-2)8-12(16)10-17/h4-7,11-12H,3,8-10,16H2,1-2H3. The minimum absolute atomic E-state index is 0.0144. The number of benzene rings is 1. The Bertz CT molecular complexity index is 447. The maximum atomic E-state index is 11.7. The number of ether oxygens (including phenoxy) is 2. The van der Waals surface area contributed by atoms with Gasteiger partial charge in [-0.2, -0.15) is 0 Å². The van der Waals surface area contributed by atoms with Crippen LogP contribution >= 0.6 is 0 Å². The van der Waals surface area contributed by atoms with E-state index in [1.165, 1.54) is 7.11 Å². The lowest BCUT2D eigenvalue weighted by Gasteiger charge is -2.36. The fourth-order valence-corrected chi connectivity index (χ4v) is 2.61. The predicted octanol–water partition coefficient (Wildman–Crippen LogP) is 1.41. The van der Waals surface area contributed by atoms with Crippen LogP contribution in [-0.4, -0.2) is 38.8 Å². The minimum Gasteiger partial charge on any atom is -0.494 e. The van der Waals surface area contributed by atoms with Crippen LogP contribution in [0.1, 0.15) is 13.3 Å². The van der Waals surface area contributed by atoms with Gasteiger partial charge >= 0.3 is 5.97 Å². The van der Waals surface area contributed by atoms with Crippen LogP contribution in [0.2, 0.25) is 0 Å². The number of hydrogen-bond donors (Lipinski definition) is 1. The number of rotatable bonds is 4. The first-order chi connectivity index (χ1) is 9.63. The molecule has 1 aliphatic rings. The highest BCUT2D eigenvalue weighted by atomic mass is 16.5. The quantitative estimate of drug-likeness (QED) is 0.844. The van der Waals surface area contributed by atoms with Crippen molar-refractivity contribution in [2.75, 3.05) is 31.7 Å². The van der Waals surface area contributed by atoms with Gasteiger partial charge in [-0.15, -0.1) is 0 Å². The number of nitrogens with zero attached hydrogens (tertiary/aromatic N) is 1. The van der Waals surface area contributed by atoms with Crippen LogP contribution in [0.5, 0.6) is 5.75 Å². The van der Waals surface area contributed by atoms with Crippen molar-refractivity contribution in [3.05, 3.63) is 24.3 Å². The lowest BCUT2D eigenvalue weighted by atomic mass is 9.94. The molecule has 5 nitrogen and oxygen atoms in total. The first kappa shape index (κ1) is 14.7. The molecule has 0 radical (unpaired) electrons. The highest BCUT2D eigenvalue weighted by molar-refractivity contribution is 5.73. The average Bonchev–Trinajstić information content (AvgIpc) is 2.47. The van der Waals surface area contributed by atoms with E-state index in [1.54, 1.807) is 0 Å². The third kappa shape index (κ3) is 3.42. The average molecular weight is 278 g/mol. The zero-order chi connectivity index (χ0) is 14.5. The largest absolute Gasteiger partial charge is 0.494 e. The van der Waals surface area contributed by atoms with Gasteiger partial charge in [-0.25, -0.2) is 0 Å². The fraction of sp³-hybridized carbons (Fsp3) is 0.533. The van der Waals surface area contributed by atoms with Crippen LogP contribution in [0.25, 0.3) is 0 Å². The summed E-state index contributed by atoms with van der Waals surface area (Å²) in [7, 11) is 1.42. The Hall–Kier alpha value is -1.75. The van der Waals surface area contributed by atoms with Gasteiger partial charge in [0, 0.05) is 24.8 Å². The molecular weight excluding hydrogens is 256 g/mol. The molecule has 0 bridgehead atoms. The van der Waals surface area contributed by atoms with Crippen molar-refractivity contribution in [1.29, 1.82) is 0 Å². The second-order valence-corrected chi connectivity index (χ2v) is 5.05. The van der Waals surface area contributed by atoms with Crippen LogP contribution in [0.3, 0.4) is 0 Å². The van der Waals surface area contributed by atoms with Crippen molar-refractivity contribution in [3.63, 3.8) is 0 Å². The van der Waals surface area contributed by atoms with Crippen LogP contribution in [-0.2, 0) is 9.53 Å². The second kappa shape index (κ2) is 6.61. The van der Waals surface area contributed by atoms with Crippen molar-refractivity contribution in [1.82, 2.24) is 0 Å². The van der Waals surface area contributed by atoms with Crippen molar-refractivity contribution in [3.8, 4) is 5.75 Å². The molecule has 1 aromatic carbocycles. The van der Waals surface area contributed by atoms with Crippen LogP contribution < -0.4 is 15.4 Å². The van der Waals surface area contributed by atoms with Crippen molar-refractivity contribution < 1.29 is 14.3 Å². The summed E-state index contributed by atoms with van der Waals surface area (Å²) in [5, 5.41) is 0. The fourth-order valence-electron chi connectivity index (χ4n) is 2.61. The maximum Gasteiger partial charge on any atom is 0.310 e. The van der Waals surface area contributed by atoms with Crippen molar-refractivity contribution in [2.24, 2.45) is 11.7 Å². The molecule has 1 aromatic rings. The Morgan fingerprint density at radius 2 is 2.05 bits per heavy atom.